The van der Waals surface area contributed by atoms with Crippen LogP contribution in [0.5, 0.6) is 0 Å². The standard InChI is InChI=1S/C12H11BrN2O2S/c1-9-7-8-11(12(13)14-9)15-18(16,17)10-5-3-2-4-6-10/h2-8,15H,1H3. The monoisotopic (exact) mass is 326 g/mol. The highest BCUT2D eigenvalue weighted by Gasteiger charge is 2.15. The molecule has 1 N–H and O–H groups in total. The molecule has 18 heavy (non-hydrogen) atoms. The van der Waals surface area contributed by atoms with E-state index in [1.807, 2.05) is 6.92 Å². The number of anilines is 1. The van der Waals surface area contributed by atoms with Crippen molar-refractivity contribution in [3.8, 4) is 0 Å². The largest absolute Gasteiger partial charge is 0.277 e. The van der Waals surface area contributed by atoms with Gasteiger partial charge in [-0.25, -0.2) is 13.4 Å². The summed E-state index contributed by atoms with van der Waals surface area (Å²) in [5.41, 5.74) is 1.23. The van der Waals surface area contributed by atoms with Crippen molar-refractivity contribution in [2.45, 2.75) is 11.8 Å². The van der Waals surface area contributed by atoms with Crippen LogP contribution in [0.25, 0.3) is 0 Å². The minimum Gasteiger partial charge on any atom is -0.277 e. The number of halogens is 1. The molecule has 0 saturated carbocycles. The third kappa shape index (κ3) is 2.88. The van der Waals surface area contributed by atoms with Crippen molar-refractivity contribution < 1.29 is 8.42 Å². The summed E-state index contributed by atoms with van der Waals surface area (Å²) in [5.74, 6) is 0. The van der Waals surface area contributed by atoms with Crippen LogP contribution in [0, 0.1) is 6.92 Å². The number of sulfonamides is 1. The van der Waals surface area contributed by atoms with E-state index in [2.05, 4.69) is 25.6 Å². The molecule has 0 spiro atoms. The molecule has 0 aliphatic carbocycles. The second-order valence-corrected chi connectivity index (χ2v) is 6.14. The number of aromatic nitrogens is 1. The number of hydrogen-bond donors (Lipinski definition) is 1. The molecule has 2 rings (SSSR count). The average Bonchev–Trinajstić information content (AvgIpc) is 2.34. The van der Waals surface area contributed by atoms with Crippen LogP contribution in [0.2, 0.25) is 0 Å². The summed E-state index contributed by atoms with van der Waals surface area (Å²) in [6, 6.07) is 11.6. The normalized spacial score (nSPS) is 11.2. The maximum Gasteiger partial charge on any atom is 0.261 e. The van der Waals surface area contributed by atoms with Gasteiger partial charge in [0.25, 0.3) is 10.0 Å². The number of aryl methyl sites for hydroxylation is 1. The Morgan fingerprint density at radius 3 is 2.39 bits per heavy atom. The van der Waals surface area contributed by atoms with Crippen LogP contribution in [0.4, 0.5) is 5.69 Å². The number of nitrogens with one attached hydrogen (secondary N) is 1. The van der Waals surface area contributed by atoms with Gasteiger partial charge in [0.2, 0.25) is 0 Å². The zero-order valence-corrected chi connectivity index (χ0v) is 12.0. The zero-order valence-electron chi connectivity index (χ0n) is 9.59. The van der Waals surface area contributed by atoms with E-state index < -0.39 is 10.0 Å². The summed E-state index contributed by atoms with van der Waals surface area (Å²) in [5, 5.41) is 0. The molecule has 0 radical (unpaired) electrons. The molecule has 0 bridgehead atoms. The lowest BCUT2D eigenvalue weighted by molar-refractivity contribution is 0.601. The molecular formula is C12H11BrN2O2S. The molecule has 0 amide bonds. The van der Waals surface area contributed by atoms with Gasteiger partial charge < -0.3 is 0 Å². The Morgan fingerprint density at radius 2 is 1.78 bits per heavy atom. The highest BCUT2D eigenvalue weighted by atomic mass is 79.9. The van der Waals surface area contributed by atoms with Gasteiger partial charge >= 0.3 is 0 Å². The minimum atomic E-state index is -3.57. The van der Waals surface area contributed by atoms with Gasteiger partial charge in [-0.1, -0.05) is 18.2 Å². The maximum atomic E-state index is 12.1. The van der Waals surface area contributed by atoms with Gasteiger partial charge in [0.05, 0.1) is 10.6 Å². The number of rotatable bonds is 3. The Balaban J connectivity index is 2.34. The molecule has 1 aromatic heterocycles. The number of nitrogens with zero attached hydrogens (tertiary/aromatic N) is 1. The molecule has 0 saturated heterocycles. The molecular weight excluding hydrogens is 316 g/mol. The van der Waals surface area contributed by atoms with Crippen LogP contribution in [0.1, 0.15) is 5.69 Å². The maximum absolute atomic E-state index is 12.1. The van der Waals surface area contributed by atoms with Crippen LogP contribution >= 0.6 is 15.9 Å². The SMILES string of the molecule is Cc1ccc(NS(=O)(=O)c2ccccc2)c(Br)n1. The Labute approximate surface area is 114 Å². The molecule has 1 heterocycles. The number of benzene rings is 1. The first kappa shape index (κ1) is 13.0. The highest BCUT2D eigenvalue weighted by molar-refractivity contribution is 9.10. The van der Waals surface area contributed by atoms with E-state index in [4.69, 9.17) is 0 Å². The molecule has 4 nitrogen and oxygen atoms in total. The van der Waals surface area contributed by atoms with Crippen LogP contribution in [-0.4, -0.2) is 13.4 Å². The van der Waals surface area contributed by atoms with Crippen LogP contribution in [-0.2, 0) is 10.0 Å². The summed E-state index contributed by atoms with van der Waals surface area (Å²) >= 11 is 3.23. The topological polar surface area (TPSA) is 59.1 Å². The fourth-order valence-corrected chi connectivity index (χ4v) is 3.13. The highest BCUT2D eigenvalue weighted by Crippen LogP contribution is 2.23. The van der Waals surface area contributed by atoms with Gasteiger partial charge in [0.1, 0.15) is 4.60 Å². The van der Waals surface area contributed by atoms with Crippen molar-refractivity contribution in [1.82, 2.24) is 4.98 Å². The number of pyridine rings is 1. The fourth-order valence-electron chi connectivity index (χ4n) is 1.40. The Kier molecular flexibility index (Phi) is 3.68. The lowest BCUT2D eigenvalue weighted by Gasteiger charge is -2.09. The van der Waals surface area contributed by atoms with Crippen LogP contribution < -0.4 is 4.72 Å². The summed E-state index contributed by atoms with van der Waals surface area (Å²) in [4.78, 5) is 4.36. The van der Waals surface area contributed by atoms with Gasteiger partial charge in [-0.05, 0) is 47.1 Å². The van der Waals surface area contributed by atoms with Crippen molar-refractivity contribution in [2.75, 3.05) is 4.72 Å². The van der Waals surface area contributed by atoms with Gasteiger partial charge in [-0.3, -0.25) is 4.72 Å². The molecule has 6 heteroatoms. The second-order valence-electron chi connectivity index (χ2n) is 3.71. The fraction of sp³-hybridized carbons (Fsp3) is 0.0833. The molecule has 94 valence electrons. The van der Waals surface area contributed by atoms with Crippen molar-refractivity contribution in [2.24, 2.45) is 0 Å². The third-order valence-corrected chi connectivity index (χ3v) is 4.27. The van der Waals surface area contributed by atoms with Crippen LogP contribution in [0.3, 0.4) is 0 Å². The van der Waals surface area contributed by atoms with Gasteiger partial charge in [0.15, 0.2) is 0 Å². The van der Waals surface area contributed by atoms with Gasteiger partial charge in [0, 0.05) is 5.69 Å². The smallest absolute Gasteiger partial charge is 0.261 e. The zero-order chi connectivity index (χ0) is 13.2. The molecule has 0 aliphatic rings. The molecule has 0 atom stereocenters. The van der Waals surface area contributed by atoms with Gasteiger partial charge in [-0.2, -0.15) is 0 Å². The van der Waals surface area contributed by atoms with E-state index in [0.29, 0.717) is 10.3 Å². The van der Waals surface area contributed by atoms with Crippen LogP contribution in [0.15, 0.2) is 52.0 Å². The average molecular weight is 327 g/mol. The minimum absolute atomic E-state index is 0.220. The van der Waals surface area contributed by atoms with E-state index in [9.17, 15) is 8.42 Å². The molecule has 0 aliphatic heterocycles. The molecule has 0 fully saturated rings. The third-order valence-electron chi connectivity index (χ3n) is 2.29. The number of hydrogen-bond acceptors (Lipinski definition) is 3. The van der Waals surface area contributed by atoms with Crippen molar-refractivity contribution >= 4 is 31.6 Å². The van der Waals surface area contributed by atoms with E-state index in [-0.39, 0.29) is 4.90 Å². The summed E-state index contributed by atoms with van der Waals surface area (Å²) < 4.78 is 27.1. The lowest BCUT2D eigenvalue weighted by Crippen LogP contribution is -2.13. The van der Waals surface area contributed by atoms with Crippen molar-refractivity contribution in [3.63, 3.8) is 0 Å². The van der Waals surface area contributed by atoms with Crippen molar-refractivity contribution in [3.05, 3.63) is 52.8 Å². The summed E-state index contributed by atoms with van der Waals surface area (Å²) in [6.07, 6.45) is 0. The molecule has 0 unspecified atom stereocenters. The first-order valence-corrected chi connectivity index (χ1v) is 7.48. The van der Waals surface area contributed by atoms with E-state index >= 15 is 0 Å². The Hall–Kier alpha value is -1.40. The quantitative estimate of drug-likeness (QED) is 0.882. The predicted octanol–water partition coefficient (Wildman–Crippen LogP) is 2.95. The van der Waals surface area contributed by atoms with Crippen molar-refractivity contribution in [1.29, 1.82) is 0 Å². The Bertz CT molecular complexity index is 657. The molecule has 2 aromatic rings. The summed E-state index contributed by atoms with van der Waals surface area (Å²) in [7, 11) is -3.57. The molecule has 1 aromatic carbocycles. The Morgan fingerprint density at radius 1 is 1.11 bits per heavy atom. The van der Waals surface area contributed by atoms with E-state index in [0.717, 1.165) is 5.69 Å². The van der Waals surface area contributed by atoms with E-state index in [1.165, 1.54) is 12.1 Å². The summed E-state index contributed by atoms with van der Waals surface area (Å²) in [6.45, 7) is 1.83. The first-order valence-electron chi connectivity index (χ1n) is 5.20. The predicted molar refractivity (Wildman–Crippen MR) is 73.9 cm³/mol. The lowest BCUT2D eigenvalue weighted by atomic mass is 10.4. The van der Waals surface area contributed by atoms with Gasteiger partial charge in [-0.15, -0.1) is 0 Å². The van der Waals surface area contributed by atoms with E-state index in [1.54, 1.807) is 30.3 Å². The first-order chi connectivity index (χ1) is 8.49. The second kappa shape index (κ2) is 5.07.